The van der Waals surface area contributed by atoms with E-state index in [1.807, 2.05) is 12.3 Å². The lowest BCUT2D eigenvalue weighted by molar-refractivity contribution is 0.234. The molecule has 0 spiro atoms. The molecule has 1 saturated heterocycles. The third-order valence-electron chi connectivity index (χ3n) is 5.35. The number of likely N-dealkylation sites (tertiary alicyclic amines) is 1. The van der Waals surface area contributed by atoms with Gasteiger partial charge in [-0.25, -0.2) is 0 Å². The van der Waals surface area contributed by atoms with Crippen LogP contribution < -0.4 is 5.56 Å². The van der Waals surface area contributed by atoms with Crippen LogP contribution in [-0.2, 0) is 26.6 Å². The molecule has 128 valence electrons. The Bertz CT molecular complexity index is 778. The molecule has 4 rings (SSSR count). The summed E-state index contributed by atoms with van der Waals surface area (Å²) < 4.78 is 3.98. The van der Waals surface area contributed by atoms with E-state index in [-0.39, 0.29) is 5.56 Å². The SMILES string of the molecule is Cn1ccc(CN2CCC[C@H]2c2nnc3n2CCCCC3)cc1=O. The van der Waals surface area contributed by atoms with Crippen LogP contribution in [-0.4, -0.2) is 30.8 Å². The Morgan fingerprint density at radius 2 is 2.08 bits per heavy atom. The Balaban J connectivity index is 1.58. The van der Waals surface area contributed by atoms with Crippen LogP contribution in [0, 0.1) is 0 Å². The van der Waals surface area contributed by atoms with Crippen molar-refractivity contribution in [3.8, 4) is 0 Å². The van der Waals surface area contributed by atoms with E-state index in [4.69, 9.17) is 0 Å². The molecule has 0 aliphatic carbocycles. The van der Waals surface area contributed by atoms with Gasteiger partial charge in [0.15, 0.2) is 0 Å². The second kappa shape index (κ2) is 6.51. The van der Waals surface area contributed by atoms with Gasteiger partial charge in [-0.1, -0.05) is 6.42 Å². The lowest BCUT2D eigenvalue weighted by atomic mass is 10.2. The van der Waals surface area contributed by atoms with E-state index >= 15 is 0 Å². The van der Waals surface area contributed by atoms with Crippen molar-refractivity contribution < 1.29 is 0 Å². The second-order valence-corrected chi connectivity index (χ2v) is 7.05. The highest BCUT2D eigenvalue weighted by Crippen LogP contribution is 2.33. The molecule has 6 nitrogen and oxygen atoms in total. The first-order chi connectivity index (χ1) is 11.7. The van der Waals surface area contributed by atoms with E-state index in [2.05, 4.69) is 19.7 Å². The van der Waals surface area contributed by atoms with Gasteiger partial charge in [0.2, 0.25) is 0 Å². The van der Waals surface area contributed by atoms with Crippen LogP contribution in [0.5, 0.6) is 0 Å². The molecule has 2 aromatic heterocycles. The van der Waals surface area contributed by atoms with E-state index in [9.17, 15) is 4.79 Å². The minimum absolute atomic E-state index is 0.0552. The van der Waals surface area contributed by atoms with Gasteiger partial charge in [0.05, 0.1) is 6.04 Å². The summed E-state index contributed by atoms with van der Waals surface area (Å²) >= 11 is 0. The molecule has 0 unspecified atom stereocenters. The highest BCUT2D eigenvalue weighted by molar-refractivity contribution is 5.13. The van der Waals surface area contributed by atoms with Crippen molar-refractivity contribution >= 4 is 0 Å². The summed E-state index contributed by atoms with van der Waals surface area (Å²) in [4.78, 5) is 14.3. The van der Waals surface area contributed by atoms with E-state index < -0.39 is 0 Å². The molecule has 0 amide bonds. The fourth-order valence-corrected chi connectivity index (χ4v) is 3.98. The molecule has 4 heterocycles. The first-order valence-corrected chi connectivity index (χ1v) is 9.04. The number of fused-ring (bicyclic) bond motifs is 1. The topological polar surface area (TPSA) is 56.0 Å². The van der Waals surface area contributed by atoms with Crippen molar-refractivity contribution in [2.45, 2.75) is 57.7 Å². The van der Waals surface area contributed by atoms with E-state index in [1.54, 1.807) is 17.7 Å². The van der Waals surface area contributed by atoms with Gasteiger partial charge in [-0.05, 0) is 43.9 Å². The van der Waals surface area contributed by atoms with Crippen LogP contribution in [0.2, 0.25) is 0 Å². The number of hydrogen-bond donors (Lipinski definition) is 0. The molecule has 6 heteroatoms. The Morgan fingerprint density at radius 3 is 2.96 bits per heavy atom. The minimum Gasteiger partial charge on any atom is -0.319 e. The van der Waals surface area contributed by atoms with Crippen LogP contribution in [0.25, 0.3) is 0 Å². The summed E-state index contributed by atoms with van der Waals surface area (Å²) in [5.74, 6) is 2.29. The molecule has 24 heavy (non-hydrogen) atoms. The van der Waals surface area contributed by atoms with Gasteiger partial charge < -0.3 is 9.13 Å². The Morgan fingerprint density at radius 1 is 1.17 bits per heavy atom. The Kier molecular flexibility index (Phi) is 4.22. The van der Waals surface area contributed by atoms with Crippen molar-refractivity contribution in [2.75, 3.05) is 6.54 Å². The molecule has 2 aliphatic rings. The summed E-state index contributed by atoms with van der Waals surface area (Å²) in [6.07, 6.45) is 8.94. The average Bonchev–Trinajstić information content (AvgIpc) is 3.11. The number of pyridine rings is 1. The number of hydrogen-bond acceptors (Lipinski definition) is 4. The molecule has 0 saturated carbocycles. The van der Waals surface area contributed by atoms with Gasteiger partial charge in [-0.15, -0.1) is 10.2 Å². The molecule has 0 radical (unpaired) electrons. The summed E-state index contributed by atoms with van der Waals surface area (Å²) in [6, 6.07) is 4.12. The first-order valence-electron chi connectivity index (χ1n) is 9.04. The minimum atomic E-state index is 0.0552. The lowest BCUT2D eigenvalue weighted by Crippen LogP contribution is -2.26. The van der Waals surface area contributed by atoms with Crippen molar-refractivity contribution in [3.63, 3.8) is 0 Å². The third kappa shape index (κ3) is 2.90. The van der Waals surface area contributed by atoms with Crippen molar-refractivity contribution in [2.24, 2.45) is 7.05 Å². The predicted molar refractivity (Wildman–Crippen MR) is 91.6 cm³/mol. The van der Waals surface area contributed by atoms with Crippen molar-refractivity contribution in [1.82, 2.24) is 24.2 Å². The fourth-order valence-electron chi connectivity index (χ4n) is 3.98. The summed E-state index contributed by atoms with van der Waals surface area (Å²) in [5, 5.41) is 9.01. The van der Waals surface area contributed by atoms with Crippen LogP contribution in [0.1, 0.15) is 55.4 Å². The molecular weight excluding hydrogens is 302 g/mol. The fraction of sp³-hybridized carbons (Fsp3) is 0.611. The molecule has 1 atom stereocenters. The van der Waals surface area contributed by atoms with Crippen LogP contribution in [0.3, 0.4) is 0 Å². The lowest BCUT2D eigenvalue weighted by Gasteiger charge is -2.24. The highest BCUT2D eigenvalue weighted by atomic mass is 16.1. The monoisotopic (exact) mass is 327 g/mol. The molecule has 1 fully saturated rings. The van der Waals surface area contributed by atoms with Crippen LogP contribution in [0.15, 0.2) is 23.1 Å². The molecule has 2 aromatic rings. The van der Waals surface area contributed by atoms with Crippen molar-refractivity contribution in [3.05, 3.63) is 45.9 Å². The standard InChI is InChI=1S/C18H25N5O/c1-21-11-8-14(12-17(21)24)13-22-9-5-6-15(22)18-20-19-16-7-3-2-4-10-23(16)18/h8,11-12,15H,2-7,9-10,13H2,1H3/t15-/m0/s1. The van der Waals surface area contributed by atoms with Gasteiger partial charge in [0.1, 0.15) is 11.6 Å². The number of aromatic nitrogens is 4. The Labute approximate surface area is 142 Å². The highest BCUT2D eigenvalue weighted by Gasteiger charge is 2.31. The molecule has 2 aliphatic heterocycles. The first kappa shape index (κ1) is 15.6. The van der Waals surface area contributed by atoms with Gasteiger partial charge in [-0.2, -0.15) is 0 Å². The molecule has 0 N–H and O–H groups in total. The maximum Gasteiger partial charge on any atom is 0.250 e. The van der Waals surface area contributed by atoms with Gasteiger partial charge in [0, 0.05) is 38.8 Å². The largest absolute Gasteiger partial charge is 0.319 e. The van der Waals surface area contributed by atoms with Gasteiger partial charge >= 0.3 is 0 Å². The van der Waals surface area contributed by atoms with Crippen LogP contribution >= 0.6 is 0 Å². The Hall–Kier alpha value is -1.95. The zero-order valence-corrected chi connectivity index (χ0v) is 14.3. The number of rotatable bonds is 3. The normalized spacial score (nSPS) is 21.6. The van der Waals surface area contributed by atoms with Gasteiger partial charge in [0.25, 0.3) is 5.56 Å². The van der Waals surface area contributed by atoms with Gasteiger partial charge in [-0.3, -0.25) is 9.69 Å². The zero-order chi connectivity index (χ0) is 16.5. The number of aryl methyl sites for hydroxylation is 2. The maximum atomic E-state index is 11.9. The summed E-state index contributed by atoms with van der Waals surface area (Å²) in [6.45, 7) is 2.92. The van der Waals surface area contributed by atoms with E-state index in [0.29, 0.717) is 6.04 Å². The van der Waals surface area contributed by atoms with Crippen LogP contribution in [0.4, 0.5) is 0 Å². The smallest absolute Gasteiger partial charge is 0.250 e. The predicted octanol–water partition coefficient (Wildman–Crippen LogP) is 2.04. The maximum absolute atomic E-state index is 11.9. The molecule has 0 bridgehead atoms. The van der Waals surface area contributed by atoms with Crippen molar-refractivity contribution in [1.29, 1.82) is 0 Å². The van der Waals surface area contributed by atoms with E-state index in [1.165, 1.54) is 25.7 Å². The second-order valence-electron chi connectivity index (χ2n) is 7.05. The number of nitrogens with zero attached hydrogens (tertiary/aromatic N) is 5. The average molecular weight is 327 g/mol. The van der Waals surface area contributed by atoms with E-state index in [0.717, 1.165) is 49.7 Å². The third-order valence-corrected chi connectivity index (χ3v) is 5.35. The molecular formula is C18H25N5O. The summed E-state index contributed by atoms with van der Waals surface area (Å²) in [5.41, 5.74) is 1.14. The molecule has 0 aromatic carbocycles. The quantitative estimate of drug-likeness (QED) is 0.866. The zero-order valence-electron chi connectivity index (χ0n) is 14.3. The summed E-state index contributed by atoms with van der Waals surface area (Å²) in [7, 11) is 1.79.